The van der Waals surface area contributed by atoms with Crippen molar-refractivity contribution in [2.75, 3.05) is 0 Å². The quantitative estimate of drug-likeness (QED) is 0.0795. The third kappa shape index (κ3) is 10.9. The smallest absolute Gasteiger partial charge is 0.418 e. The molecule has 1 radical (unpaired) electrons. The van der Waals surface area contributed by atoms with Crippen molar-refractivity contribution in [3.8, 4) is 0 Å². The molecule has 0 aliphatic heterocycles. The topological polar surface area (TPSA) is 0 Å². The first-order chi connectivity index (χ1) is 22.4. The predicted octanol–water partition coefficient (Wildman–Crippen LogP) is 10.2. The van der Waals surface area contributed by atoms with Gasteiger partial charge in [-0.1, -0.05) is 158 Å². The molecule has 0 nitrogen and oxygen atoms in total. The largest absolute Gasteiger partial charge is 0.673 e. The number of rotatable bonds is 6. The van der Waals surface area contributed by atoms with Crippen molar-refractivity contribution in [2.45, 2.75) is 43.4 Å². The molecule has 247 valence electrons. The molecule has 7 rings (SSSR count). The van der Waals surface area contributed by atoms with Crippen LogP contribution in [0.15, 0.2) is 158 Å². The van der Waals surface area contributed by atoms with Gasteiger partial charge >= 0.3 is 7.25 Å². The van der Waals surface area contributed by atoms with Crippen LogP contribution in [0.1, 0.15) is 32.1 Å². The maximum absolute atomic E-state index is 9.75. The number of allylic oxidation sites excluding steroid dienone is 6. The van der Waals surface area contributed by atoms with Gasteiger partial charge in [0.2, 0.25) is 0 Å². The fourth-order valence-corrected chi connectivity index (χ4v) is 13.7. The first-order valence-corrected chi connectivity index (χ1v) is 18.9. The second kappa shape index (κ2) is 18.8. The molecule has 2 unspecified atom stereocenters. The maximum atomic E-state index is 9.75. The van der Waals surface area contributed by atoms with Gasteiger partial charge in [-0.15, -0.1) is 0 Å². The third-order valence-corrected chi connectivity index (χ3v) is 14.7. The summed E-state index contributed by atoms with van der Waals surface area (Å²) in [5.74, 6) is 1.34. The van der Waals surface area contributed by atoms with Gasteiger partial charge in [-0.05, 0) is 81.0 Å². The van der Waals surface area contributed by atoms with Crippen LogP contribution in [-0.2, 0) is 19.5 Å². The predicted molar refractivity (Wildman–Crippen MR) is 193 cm³/mol. The van der Waals surface area contributed by atoms with Crippen molar-refractivity contribution in [1.82, 2.24) is 0 Å². The summed E-state index contributed by atoms with van der Waals surface area (Å²) in [4.78, 5) is 0. The van der Waals surface area contributed by atoms with Crippen LogP contribution in [-0.4, -0.2) is 18.6 Å². The molecular formula is C39H40BF4P2Rh-. The number of fused-ring (bicyclic) bond motifs is 2. The molecule has 3 aliphatic carbocycles. The van der Waals surface area contributed by atoms with Crippen molar-refractivity contribution in [3.05, 3.63) is 158 Å². The van der Waals surface area contributed by atoms with Crippen molar-refractivity contribution in [2.24, 2.45) is 11.8 Å². The molecule has 0 aromatic heterocycles. The van der Waals surface area contributed by atoms with Crippen LogP contribution in [0, 0.1) is 11.8 Å². The summed E-state index contributed by atoms with van der Waals surface area (Å²) in [6.45, 7) is 0. The van der Waals surface area contributed by atoms with Gasteiger partial charge in [-0.3, -0.25) is 0 Å². The van der Waals surface area contributed by atoms with Gasteiger partial charge in [0.25, 0.3) is 0 Å². The average molecular weight is 760 g/mol. The minimum atomic E-state index is -6.00. The molecule has 1 saturated carbocycles. The Morgan fingerprint density at radius 3 is 0.894 bits per heavy atom. The van der Waals surface area contributed by atoms with Gasteiger partial charge in [0.1, 0.15) is 0 Å². The van der Waals surface area contributed by atoms with E-state index in [1.807, 2.05) is 0 Å². The zero-order valence-corrected chi connectivity index (χ0v) is 29.6. The van der Waals surface area contributed by atoms with Gasteiger partial charge in [0.05, 0.1) is 0 Å². The summed E-state index contributed by atoms with van der Waals surface area (Å²) in [5.41, 5.74) is 1.32. The molecule has 0 saturated heterocycles. The van der Waals surface area contributed by atoms with Gasteiger partial charge < -0.3 is 17.3 Å². The van der Waals surface area contributed by atoms with E-state index in [1.165, 1.54) is 53.3 Å². The van der Waals surface area contributed by atoms with E-state index in [-0.39, 0.29) is 19.5 Å². The third-order valence-electron chi connectivity index (χ3n) is 8.44. The van der Waals surface area contributed by atoms with E-state index in [2.05, 4.69) is 158 Å². The van der Waals surface area contributed by atoms with E-state index < -0.39 is 23.1 Å². The zero-order valence-electron chi connectivity index (χ0n) is 26.2. The van der Waals surface area contributed by atoms with Crippen molar-refractivity contribution >= 4 is 44.3 Å². The molecule has 4 aromatic rings. The Morgan fingerprint density at radius 2 is 0.660 bits per heavy atom. The molecule has 0 spiro atoms. The molecule has 0 amide bonds. The SMILES string of the molecule is C1=CC2CC1[C@H](P(c1ccccc1)c1ccccc1)[C@H]2P(c1ccccc1)c1ccccc1.C1=C\CC/C=C\CC/1.F[B-](F)(F)F.[Rh]. The molecule has 4 aromatic carbocycles. The number of hydrogen-bond acceptors (Lipinski definition) is 0. The molecule has 0 N–H and O–H groups in total. The van der Waals surface area contributed by atoms with Crippen molar-refractivity contribution < 1.29 is 36.7 Å². The second-order valence-corrected chi connectivity index (χ2v) is 16.3. The maximum Gasteiger partial charge on any atom is 0.673 e. The second-order valence-electron chi connectivity index (χ2n) is 11.6. The molecule has 2 bridgehead atoms. The molecule has 4 atom stereocenters. The molecule has 8 heteroatoms. The molecule has 1 fully saturated rings. The summed E-state index contributed by atoms with van der Waals surface area (Å²) in [6.07, 6.45) is 20.4. The Labute approximate surface area is 292 Å². The van der Waals surface area contributed by atoms with E-state index in [0.717, 1.165) is 0 Å². The Bertz CT molecular complexity index is 1340. The Balaban J connectivity index is 0.000000301. The monoisotopic (exact) mass is 760 g/mol. The van der Waals surface area contributed by atoms with Crippen molar-refractivity contribution in [3.63, 3.8) is 0 Å². The van der Waals surface area contributed by atoms with Crippen LogP contribution in [0.3, 0.4) is 0 Å². The number of hydrogen-bond donors (Lipinski definition) is 0. The Hall–Kier alpha value is -2.63. The van der Waals surface area contributed by atoms with Crippen LogP contribution in [0.25, 0.3) is 0 Å². The average Bonchev–Trinajstić information content (AvgIpc) is 3.66. The van der Waals surface area contributed by atoms with Crippen LogP contribution in [0.5, 0.6) is 0 Å². The van der Waals surface area contributed by atoms with Crippen LogP contribution >= 0.6 is 15.8 Å². The fourth-order valence-electron chi connectivity index (χ4n) is 6.66. The van der Waals surface area contributed by atoms with Gasteiger partial charge in [0.15, 0.2) is 0 Å². The van der Waals surface area contributed by atoms with E-state index in [0.29, 0.717) is 23.2 Å². The Kier molecular flexibility index (Phi) is 14.9. The Morgan fingerprint density at radius 1 is 0.426 bits per heavy atom. The summed E-state index contributed by atoms with van der Waals surface area (Å²) in [5, 5.41) is 6.08. The standard InChI is InChI=1S/C31H28P2.C8H12.BF4.Rh/c1-5-13-26(14-6-1)32(27-15-7-2-8-16-27)30-24-21-22-25(23-24)31(30)33(28-17-9-3-10-18-28)29-19-11-4-12-20-29;1-2-4-6-8-7-5-3-1;2-1(3,4)5;/h1-22,24-25,30-31H,23H2;1-2,7-8H,3-6H2;;/q;;-1;/b;2-1-,8-7-;;/t24?,25?,30-,31-;;;/m0.../s1. The molecule has 0 heterocycles. The van der Waals surface area contributed by atoms with E-state index in [4.69, 9.17) is 0 Å². The molecular weight excluding hydrogens is 720 g/mol. The normalized spacial score (nSPS) is 22.5. The minimum Gasteiger partial charge on any atom is -0.418 e. The first-order valence-electron chi connectivity index (χ1n) is 16.0. The van der Waals surface area contributed by atoms with Crippen LogP contribution < -0.4 is 21.2 Å². The van der Waals surface area contributed by atoms with E-state index >= 15 is 0 Å². The fraction of sp³-hybridized carbons (Fsp3) is 0.231. The first kappa shape index (κ1) is 37.2. The summed E-state index contributed by atoms with van der Waals surface area (Å²) < 4.78 is 39.0. The zero-order chi connectivity index (χ0) is 32.2. The van der Waals surface area contributed by atoms with Gasteiger partial charge in [-0.2, -0.15) is 0 Å². The number of benzene rings is 4. The summed E-state index contributed by atoms with van der Waals surface area (Å²) in [7, 11) is -6.91. The van der Waals surface area contributed by atoms with Crippen LogP contribution in [0.4, 0.5) is 17.3 Å². The van der Waals surface area contributed by atoms with Gasteiger partial charge in [0, 0.05) is 30.8 Å². The molecule has 3 aliphatic rings. The van der Waals surface area contributed by atoms with E-state index in [1.54, 1.807) is 0 Å². The molecule has 47 heavy (non-hydrogen) atoms. The van der Waals surface area contributed by atoms with E-state index in [9.17, 15) is 17.3 Å². The minimum absolute atomic E-state index is 0. The summed E-state index contributed by atoms with van der Waals surface area (Å²) in [6, 6.07) is 45.4. The van der Waals surface area contributed by atoms with Crippen LogP contribution in [0.2, 0.25) is 0 Å². The van der Waals surface area contributed by atoms with Crippen molar-refractivity contribution in [1.29, 1.82) is 0 Å². The summed E-state index contributed by atoms with van der Waals surface area (Å²) >= 11 is 0. The number of halogens is 4. The van der Waals surface area contributed by atoms with Gasteiger partial charge in [-0.25, -0.2) is 0 Å².